The van der Waals surface area contributed by atoms with E-state index in [1.165, 1.54) is 7.11 Å². The second-order valence-electron chi connectivity index (χ2n) is 14.2. The zero-order valence-corrected chi connectivity index (χ0v) is 30.6. The van der Waals surface area contributed by atoms with Crippen LogP contribution in [0.1, 0.15) is 76.6 Å². The number of methoxy groups -OCH3 is 1. The maximum Gasteiger partial charge on any atom is 0.407 e. The van der Waals surface area contributed by atoms with Crippen LogP contribution in [-0.4, -0.2) is 86.3 Å². The fourth-order valence-electron chi connectivity index (χ4n) is 7.53. The topological polar surface area (TPSA) is 165 Å². The van der Waals surface area contributed by atoms with E-state index >= 15 is 0 Å². The Hall–Kier alpha value is -5.72. The van der Waals surface area contributed by atoms with Gasteiger partial charge in [-0.05, 0) is 78.1 Å². The molecule has 2 saturated heterocycles. The fraction of sp³-hybridized carbons (Fsp3) is 0.400. The zero-order valence-electron chi connectivity index (χ0n) is 30.6. The molecule has 53 heavy (non-hydrogen) atoms. The average Bonchev–Trinajstić information content (AvgIpc) is 4.00. The number of ether oxygens (including phenoxy) is 1. The number of aromatic amines is 2. The number of likely N-dealkylation sites (tertiary alicyclic amines) is 2. The number of nitrogens with zero attached hydrogens (tertiary/aromatic N) is 4. The predicted octanol–water partition coefficient (Wildman–Crippen LogP) is 6.01. The van der Waals surface area contributed by atoms with Crippen molar-refractivity contribution in [2.45, 2.75) is 71.0 Å². The lowest BCUT2D eigenvalue weighted by molar-refractivity contribution is -0.138. The molecule has 0 aliphatic carbocycles. The van der Waals surface area contributed by atoms with E-state index in [2.05, 4.69) is 73.9 Å². The summed E-state index contributed by atoms with van der Waals surface area (Å²) in [6.45, 7) is 6.82. The van der Waals surface area contributed by atoms with Crippen molar-refractivity contribution in [2.75, 3.05) is 26.7 Å². The van der Waals surface area contributed by atoms with Crippen molar-refractivity contribution in [3.63, 3.8) is 0 Å². The first-order valence-electron chi connectivity index (χ1n) is 18.4. The monoisotopic (exact) mass is 718 g/mol. The molecule has 4 N–H and O–H groups in total. The Morgan fingerprint density at radius 3 is 1.81 bits per heavy atom. The van der Waals surface area contributed by atoms with Crippen molar-refractivity contribution in [3.05, 3.63) is 72.3 Å². The Morgan fingerprint density at radius 1 is 0.792 bits per heavy atom. The fourth-order valence-corrected chi connectivity index (χ4v) is 7.53. The van der Waals surface area contributed by atoms with Gasteiger partial charge in [-0.2, -0.15) is 0 Å². The summed E-state index contributed by atoms with van der Waals surface area (Å²) in [6, 6.07) is 19.8. The molecule has 5 aromatic rings. The van der Waals surface area contributed by atoms with Crippen LogP contribution in [0.15, 0.2) is 60.7 Å². The lowest BCUT2D eigenvalue weighted by atomic mass is 10.00. The van der Waals surface area contributed by atoms with Gasteiger partial charge in [0.05, 0.1) is 41.3 Å². The molecule has 2 aromatic heterocycles. The van der Waals surface area contributed by atoms with Crippen molar-refractivity contribution >= 4 is 45.9 Å². The van der Waals surface area contributed by atoms with Gasteiger partial charge in [-0.1, -0.05) is 57.2 Å². The number of aromatic nitrogens is 4. The minimum absolute atomic E-state index is 0.0265. The Bertz CT molecular complexity index is 2160. The standard InChI is InChI=1S/C40H46N8O5/c1-5-34(49)46-36(23(2)3)39(51)48-19-7-9-33(48)38-43-29-17-15-27(21-31(29)45-38)25-12-10-24(11-13-25)26-14-16-28-30(20-26)44-37(42-28)32-8-6-18-47(32)35(50)22-41-40(52)53-4/h10-17,20-21,23,32-33,36H,5-9,18-19,22H2,1-4H3,(H,41,52)(H,42,44)(H,43,45)(H,46,49)/t32-,33-,36?/m0/s1. The first-order valence-corrected chi connectivity index (χ1v) is 18.4. The maximum atomic E-state index is 13.6. The van der Waals surface area contributed by atoms with Crippen LogP contribution >= 0.6 is 0 Å². The van der Waals surface area contributed by atoms with Crippen LogP contribution in [0.2, 0.25) is 0 Å². The number of benzene rings is 3. The van der Waals surface area contributed by atoms with Gasteiger partial charge in [0.15, 0.2) is 0 Å². The molecule has 3 aromatic carbocycles. The molecule has 13 heteroatoms. The van der Waals surface area contributed by atoms with Gasteiger partial charge in [-0.25, -0.2) is 14.8 Å². The highest BCUT2D eigenvalue weighted by Gasteiger charge is 2.37. The number of rotatable bonds is 10. The Morgan fingerprint density at radius 2 is 1.30 bits per heavy atom. The van der Waals surface area contributed by atoms with Crippen LogP contribution in [0.25, 0.3) is 44.3 Å². The summed E-state index contributed by atoms with van der Waals surface area (Å²) in [4.78, 5) is 70.5. The van der Waals surface area contributed by atoms with Crippen LogP contribution in [0.3, 0.4) is 0 Å². The smallest absolute Gasteiger partial charge is 0.407 e. The van der Waals surface area contributed by atoms with E-state index in [1.54, 1.807) is 11.8 Å². The van der Waals surface area contributed by atoms with Gasteiger partial charge in [0.2, 0.25) is 17.7 Å². The van der Waals surface area contributed by atoms with Crippen molar-refractivity contribution < 1.29 is 23.9 Å². The molecular weight excluding hydrogens is 672 g/mol. The first-order chi connectivity index (χ1) is 25.6. The van der Waals surface area contributed by atoms with E-state index in [9.17, 15) is 19.2 Å². The second kappa shape index (κ2) is 15.1. The Labute approximate surface area is 307 Å². The molecule has 2 aliphatic rings. The van der Waals surface area contributed by atoms with Gasteiger partial charge in [0, 0.05) is 19.5 Å². The third-order valence-corrected chi connectivity index (χ3v) is 10.4. The molecule has 3 atom stereocenters. The number of carbonyl (C=O) groups excluding carboxylic acids is 4. The molecular formula is C40H46N8O5. The molecule has 0 spiro atoms. The normalized spacial score (nSPS) is 17.8. The largest absolute Gasteiger partial charge is 0.453 e. The number of nitrogens with one attached hydrogen (secondary N) is 4. The SMILES string of the molecule is CCC(=O)NC(C(=O)N1CCC[C@H]1c1nc2cc(-c3ccc(-c4ccc5[nH]c([C@@H]6CCCN6C(=O)CNC(=O)OC)nc5c4)cc3)ccc2[nH]1)C(C)C. The number of carbonyl (C=O) groups is 4. The number of hydrogen-bond donors (Lipinski definition) is 4. The van der Waals surface area contributed by atoms with Gasteiger partial charge in [-0.3, -0.25) is 14.4 Å². The zero-order chi connectivity index (χ0) is 37.2. The highest BCUT2D eigenvalue weighted by Crippen LogP contribution is 2.35. The predicted molar refractivity (Wildman–Crippen MR) is 201 cm³/mol. The molecule has 7 rings (SSSR count). The maximum absolute atomic E-state index is 13.6. The quantitative estimate of drug-likeness (QED) is 0.137. The first kappa shape index (κ1) is 35.7. The van der Waals surface area contributed by atoms with E-state index in [4.69, 9.17) is 9.97 Å². The number of imidazole rings is 2. The number of amides is 4. The minimum Gasteiger partial charge on any atom is -0.453 e. The third kappa shape index (κ3) is 7.33. The van der Waals surface area contributed by atoms with E-state index < -0.39 is 12.1 Å². The molecule has 0 radical (unpaired) electrons. The van der Waals surface area contributed by atoms with Crippen LogP contribution in [0, 0.1) is 5.92 Å². The highest BCUT2D eigenvalue weighted by molar-refractivity contribution is 5.89. The molecule has 276 valence electrons. The molecule has 13 nitrogen and oxygen atoms in total. The van der Waals surface area contributed by atoms with Gasteiger partial charge in [0.25, 0.3) is 0 Å². The van der Waals surface area contributed by atoms with Crippen LogP contribution in [-0.2, 0) is 19.1 Å². The summed E-state index contributed by atoms with van der Waals surface area (Å²) in [5, 5.41) is 5.40. The van der Waals surface area contributed by atoms with Gasteiger partial charge in [0.1, 0.15) is 24.2 Å². The molecule has 4 heterocycles. The third-order valence-electron chi connectivity index (χ3n) is 10.4. The van der Waals surface area contributed by atoms with E-state index in [0.29, 0.717) is 19.5 Å². The van der Waals surface area contributed by atoms with E-state index in [-0.39, 0.29) is 42.3 Å². The lowest BCUT2D eigenvalue weighted by Crippen LogP contribution is -2.51. The Balaban J connectivity index is 1.06. The summed E-state index contributed by atoms with van der Waals surface area (Å²) >= 11 is 0. The van der Waals surface area contributed by atoms with Crippen molar-refractivity contribution in [2.24, 2.45) is 5.92 Å². The van der Waals surface area contributed by atoms with Gasteiger partial charge >= 0.3 is 6.09 Å². The van der Waals surface area contributed by atoms with Crippen LogP contribution in [0.5, 0.6) is 0 Å². The summed E-state index contributed by atoms with van der Waals surface area (Å²) in [5.74, 6) is 1.12. The number of hydrogen-bond acceptors (Lipinski definition) is 7. The van der Waals surface area contributed by atoms with Crippen molar-refractivity contribution in [1.29, 1.82) is 0 Å². The average molecular weight is 719 g/mol. The lowest BCUT2D eigenvalue weighted by Gasteiger charge is -2.30. The van der Waals surface area contributed by atoms with Crippen LogP contribution in [0.4, 0.5) is 4.79 Å². The molecule has 2 aliphatic heterocycles. The van der Waals surface area contributed by atoms with Gasteiger partial charge in [-0.15, -0.1) is 0 Å². The van der Waals surface area contributed by atoms with E-state index in [0.717, 1.165) is 81.7 Å². The summed E-state index contributed by atoms with van der Waals surface area (Å²) < 4.78 is 4.59. The number of H-pyrrole nitrogens is 2. The number of alkyl carbamates (subject to hydrolysis) is 1. The molecule has 1 unspecified atom stereocenters. The van der Waals surface area contributed by atoms with E-state index in [1.807, 2.05) is 30.9 Å². The molecule has 4 amide bonds. The van der Waals surface area contributed by atoms with Crippen molar-refractivity contribution in [1.82, 2.24) is 40.4 Å². The summed E-state index contributed by atoms with van der Waals surface area (Å²) in [7, 11) is 1.27. The highest BCUT2D eigenvalue weighted by atomic mass is 16.5. The summed E-state index contributed by atoms with van der Waals surface area (Å²) in [6.07, 6.45) is 3.04. The minimum atomic E-state index is -0.634. The molecule has 0 saturated carbocycles. The van der Waals surface area contributed by atoms with Gasteiger partial charge < -0.3 is 35.1 Å². The molecule has 0 bridgehead atoms. The van der Waals surface area contributed by atoms with Crippen LogP contribution < -0.4 is 10.6 Å². The summed E-state index contributed by atoms with van der Waals surface area (Å²) in [5.41, 5.74) is 7.63. The van der Waals surface area contributed by atoms with Crippen molar-refractivity contribution in [3.8, 4) is 22.3 Å². The number of fused-ring (bicyclic) bond motifs is 2. The Kier molecular flexibility index (Phi) is 10.2. The second-order valence-corrected chi connectivity index (χ2v) is 14.2. The molecule has 2 fully saturated rings.